The van der Waals surface area contributed by atoms with Crippen LogP contribution in [-0.4, -0.2) is 6.54 Å². The highest BCUT2D eigenvalue weighted by molar-refractivity contribution is 6.41. The number of rotatable bonds is 4. The summed E-state index contributed by atoms with van der Waals surface area (Å²) in [5, 5.41) is 4.77. The molecule has 1 nitrogen and oxygen atoms in total. The zero-order valence-electron chi connectivity index (χ0n) is 8.41. The van der Waals surface area contributed by atoms with Gasteiger partial charge in [0.25, 0.3) is 0 Å². The lowest BCUT2D eigenvalue weighted by atomic mass is 10.2. The Labute approximate surface area is 105 Å². The van der Waals surface area contributed by atoms with Gasteiger partial charge in [0.2, 0.25) is 0 Å². The second-order valence-corrected chi connectivity index (χ2v) is 4.63. The molecule has 0 saturated heterocycles. The first kappa shape index (κ1) is 12.7. The molecule has 0 fully saturated rings. The fraction of sp³-hybridized carbons (Fsp3) is 0.273. The first-order chi connectivity index (χ1) is 7.00. The summed E-state index contributed by atoms with van der Waals surface area (Å²) in [6, 6.07) is 3.33. The van der Waals surface area contributed by atoms with Crippen molar-refractivity contribution in [1.82, 2.24) is 0 Å². The molecule has 15 heavy (non-hydrogen) atoms. The molecular weight excluding hydrogens is 252 g/mol. The molecule has 0 atom stereocenters. The average Bonchev–Trinajstić information content (AvgIpc) is 2.08. The van der Waals surface area contributed by atoms with Gasteiger partial charge in [-0.1, -0.05) is 40.4 Å². The Morgan fingerprint density at radius 1 is 1.27 bits per heavy atom. The minimum atomic E-state index is 0.536. The number of hydrogen-bond acceptors (Lipinski definition) is 1. The molecule has 0 aliphatic heterocycles. The summed E-state index contributed by atoms with van der Waals surface area (Å²) in [5.41, 5.74) is 1.84. The third kappa shape index (κ3) is 3.94. The van der Waals surface area contributed by atoms with E-state index in [9.17, 15) is 0 Å². The van der Waals surface area contributed by atoms with E-state index in [2.05, 4.69) is 11.9 Å². The lowest BCUT2D eigenvalue weighted by Gasteiger charge is -2.10. The molecule has 1 N–H and O–H groups in total. The zero-order valence-corrected chi connectivity index (χ0v) is 10.7. The van der Waals surface area contributed by atoms with E-state index < -0.39 is 0 Å². The van der Waals surface area contributed by atoms with E-state index in [1.165, 1.54) is 0 Å². The van der Waals surface area contributed by atoms with Crippen LogP contribution < -0.4 is 5.32 Å². The Balaban J connectivity index is 2.72. The zero-order chi connectivity index (χ0) is 11.4. The minimum Gasteiger partial charge on any atom is -0.382 e. The lowest BCUT2D eigenvalue weighted by molar-refractivity contribution is 1.00. The third-order valence-electron chi connectivity index (χ3n) is 1.86. The van der Waals surface area contributed by atoms with E-state index in [4.69, 9.17) is 34.8 Å². The Morgan fingerprint density at radius 3 is 2.27 bits per heavy atom. The molecule has 0 aliphatic rings. The van der Waals surface area contributed by atoms with Gasteiger partial charge in [-0.05, 0) is 25.5 Å². The summed E-state index contributed by atoms with van der Waals surface area (Å²) in [4.78, 5) is 0. The smallest absolute Gasteiger partial charge is 0.0720 e. The van der Waals surface area contributed by atoms with E-state index in [0.29, 0.717) is 15.1 Å². The van der Waals surface area contributed by atoms with Gasteiger partial charge in [0.1, 0.15) is 0 Å². The van der Waals surface area contributed by atoms with Crippen molar-refractivity contribution < 1.29 is 0 Å². The highest BCUT2D eigenvalue weighted by Crippen LogP contribution is 2.33. The minimum absolute atomic E-state index is 0.536. The molecule has 1 rings (SSSR count). The van der Waals surface area contributed by atoms with Crippen LogP contribution in [0, 0.1) is 0 Å². The summed E-state index contributed by atoms with van der Waals surface area (Å²) >= 11 is 17.8. The molecule has 0 amide bonds. The van der Waals surface area contributed by atoms with Gasteiger partial charge in [0, 0.05) is 11.6 Å². The quantitative estimate of drug-likeness (QED) is 0.753. The van der Waals surface area contributed by atoms with E-state index >= 15 is 0 Å². The van der Waals surface area contributed by atoms with Crippen LogP contribution in [0.1, 0.15) is 13.3 Å². The van der Waals surface area contributed by atoms with Crippen LogP contribution >= 0.6 is 34.8 Å². The van der Waals surface area contributed by atoms with Crippen LogP contribution in [0.4, 0.5) is 5.69 Å². The number of halogens is 3. The standard InChI is InChI=1S/C11H12Cl3N/c1-7(2)3-4-15-11-9(13)5-8(12)6-10(11)14/h5-6,15H,1,3-4H2,2H3. The summed E-state index contributed by atoms with van der Waals surface area (Å²) < 4.78 is 0. The first-order valence-electron chi connectivity index (χ1n) is 4.53. The van der Waals surface area contributed by atoms with Gasteiger partial charge in [0.15, 0.2) is 0 Å². The van der Waals surface area contributed by atoms with Crippen molar-refractivity contribution in [3.63, 3.8) is 0 Å². The molecule has 1 aromatic rings. The lowest BCUT2D eigenvalue weighted by Crippen LogP contribution is -2.02. The molecule has 0 saturated carbocycles. The molecule has 0 spiro atoms. The Bertz CT molecular complexity index is 351. The van der Waals surface area contributed by atoms with Crippen molar-refractivity contribution in [2.24, 2.45) is 0 Å². The third-order valence-corrected chi connectivity index (χ3v) is 2.67. The highest BCUT2D eigenvalue weighted by Gasteiger charge is 2.06. The van der Waals surface area contributed by atoms with Crippen LogP contribution in [0.15, 0.2) is 24.3 Å². The van der Waals surface area contributed by atoms with Crippen LogP contribution in [0.5, 0.6) is 0 Å². The van der Waals surface area contributed by atoms with Gasteiger partial charge < -0.3 is 5.32 Å². The number of benzene rings is 1. The maximum atomic E-state index is 6.00. The van der Waals surface area contributed by atoms with Gasteiger partial charge in [0.05, 0.1) is 15.7 Å². The van der Waals surface area contributed by atoms with Gasteiger partial charge in [-0.3, -0.25) is 0 Å². The molecule has 0 aliphatic carbocycles. The number of nitrogens with one attached hydrogen (secondary N) is 1. The normalized spacial score (nSPS) is 10.1. The van der Waals surface area contributed by atoms with Crippen LogP contribution in [0.25, 0.3) is 0 Å². The Hall–Kier alpha value is -0.370. The molecular formula is C11H12Cl3N. The van der Waals surface area contributed by atoms with E-state index in [-0.39, 0.29) is 0 Å². The monoisotopic (exact) mass is 263 g/mol. The van der Waals surface area contributed by atoms with Crippen molar-refractivity contribution >= 4 is 40.5 Å². The molecule has 0 radical (unpaired) electrons. The second kappa shape index (κ2) is 5.64. The Morgan fingerprint density at radius 2 is 1.80 bits per heavy atom. The second-order valence-electron chi connectivity index (χ2n) is 3.38. The van der Waals surface area contributed by atoms with E-state index in [1.807, 2.05) is 6.92 Å². The van der Waals surface area contributed by atoms with Crippen molar-refractivity contribution in [3.8, 4) is 0 Å². The molecule has 0 bridgehead atoms. The summed E-state index contributed by atoms with van der Waals surface area (Å²) in [6.45, 7) is 6.56. The van der Waals surface area contributed by atoms with Gasteiger partial charge in [-0.2, -0.15) is 0 Å². The van der Waals surface area contributed by atoms with E-state index in [0.717, 1.165) is 24.2 Å². The molecule has 4 heteroatoms. The predicted molar refractivity (Wildman–Crippen MR) is 69.4 cm³/mol. The van der Waals surface area contributed by atoms with Crippen molar-refractivity contribution in [2.45, 2.75) is 13.3 Å². The largest absolute Gasteiger partial charge is 0.382 e. The van der Waals surface area contributed by atoms with Crippen molar-refractivity contribution in [3.05, 3.63) is 39.4 Å². The van der Waals surface area contributed by atoms with E-state index in [1.54, 1.807) is 12.1 Å². The molecule has 82 valence electrons. The topological polar surface area (TPSA) is 12.0 Å². The fourth-order valence-electron chi connectivity index (χ4n) is 1.11. The number of hydrogen-bond donors (Lipinski definition) is 1. The van der Waals surface area contributed by atoms with Crippen molar-refractivity contribution in [1.29, 1.82) is 0 Å². The molecule has 1 aromatic carbocycles. The Kier molecular flexibility index (Phi) is 4.78. The SMILES string of the molecule is C=C(C)CCNc1c(Cl)cc(Cl)cc1Cl. The van der Waals surface area contributed by atoms with Gasteiger partial charge in [-0.15, -0.1) is 6.58 Å². The highest BCUT2D eigenvalue weighted by atomic mass is 35.5. The van der Waals surface area contributed by atoms with Crippen LogP contribution in [0.2, 0.25) is 15.1 Å². The maximum Gasteiger partial charge on any atom is 0.0720 e. The van der Waals surface area contributed by atoms with Crippen LogP contribution in [0.3, 0.4) is 0 Å². The van der Waals surface area contributed by atoms with Gasteiger partial charge >= 0.3 is 0 Å². The van der Waals surface area contributed by atoms with Gasteiger partial charge in [-0.25, -0.2) is 0 Å². The molecule has 0 heterocycles. The summed E-state index contributed by atoms with van der Waals surface area (Å²) in [5.74, 6) is 0. The summed E-state index contributed by atoms with van der Waals surface area (Å²) in [7, 11) is 0. The van der Waals surface area contributed by atoms with Crippen molar-refractivity contribution in [2.75, 3.05) is 11.9 Å². The maximum absolute atomic E-state index is 6.00. The number of anilines is 1. The van der Waals surface area contributed by atoms with Crippen LogP contribution in [-0.2, 0) is 0 Å². The predicted octanol–water partition coefficient (Wildman–Crippen LogP) is 5.02. The molecule has 0 unspecified atom stereocenters. The fourth-order valence-corrected chi connectivity index (χ4v) is 2.06. The first-order valence-corrected chi connectivity index (χ1v) is 5.67. The average molecular weight is 265 g/mol. The molecule has 0 aromatic heterocycles. The summed E-state index contributed by atoms with van der Waals surface area (Å²) in [6.07, 6.45) is 0.884.